The minimum atomic E-state index is -0.338. The lowest BCUT2D eigenvalue weighted by atomic mass is 10.1. The Hall–Kier alpha value is -1.38. The quantitative estimate of drug-likeness (QED) is 0.715. The van der Waals surface area contributed by atoms with E-state index >= 15 is 0 Å². The van der Waals surface area contributed by atoms with Gasteiger partial charge in [0.25, 0.3) is 0 Å². The fourth-order valence-electron chi connectivity index (χ4n) is 2.26. The molecule has 2 rings (SSSR count). The van der Waals surface area contributed by atoms with Crippen molar-refractivity contribution in [2.45, 2.75) is 45.6 Å². The molecule has 0 saturated heterocycles. The Labute approximate surface area is 108 Å². The summed E-state index contributed by atoms with van der Waals surface area (Å²) in [6, 6.07) is 5.10. The molecule has 0 aliphatic heterocycles. The molecule has 1 aliphatic rings. The normalized spacial score (nSPS) is 14.6. The van der Waals surface area contributed by atoms with Gasteiger partial charge in [-0.15, -0.1) is 0 Å². The topological polar surface area (TPSA) is 20.3 Å². The van der Waals surface area contributed by atoms with Gasteiger partial charge in [0.1, 0.15) is 5.82 Å². The van der Waals surface area contributed by atoms with Crippen LogP contribution in [0.2, 0.25) is 0 Å². The number of halogens is 1. The molecule has 98 valence electrons. The van der Waals surface area contributed by atoms with Gasteiger partial charge in [0.2, 0.25) is 0 Å². The number of unbranched alkanes of at least 4 members (excludes halogenated alkanes) is 1. The number of ketones is 1. The number of hydrogen-bond donors (Lipinski definition) is 0. The molecule has 1 aliphatic carbocycles. The highest BCUT2D eigenvalue weighted by atomic mass is 19.1. The van der Waals surface area contributed by atoms with E-state index < -0.39 is 0 Å². The van der Waals surface area contributed by atoms with Crippen LogP contribution in [0.15, 0.2) is 18.2 Å². The Morgan fingerprint density at radius 1 is 1.44 bits per heavy atom. The van der Waals surface area contributed by atoms with Gasteiger partial charge in [-0.1, -0.05) is 13.3 Å². The smallest absolute Gasteiger partial charge is 0.161 e. The number of carbonyl (C=O) groups excluding carboxylic acids is 1. The lowest BCUT2D eigenvalue weighted by Crippen LogP contribution is -2.28. The average Bonchev–Trinajstić information content (AvgIpc) is 3.15. The molecule has 0 N–H and O–H groups in total. The van der Waals surface area contributed by atoms with Crippen LogP contribution < -0.4 is 4.90 Å². The number of rotatable bonds is 6. The molecular weight excluding hydrogens is 229 g/mol. The number of Topliss-reactive ketones (excluding diaryl/α,β-unsaturated/α-hetero) is 1. The van der Waals surface area contributed by atoms with E-state index in [2.05, 4.69) is 11.8 Å². The van der Waals surface area contributed by atoms with Crippen LogP contribution >= 0.6 is 0 Å². The van der Waals surface area contributed by atoms with Gasteiger partial charge in [0.15, 0.2) is 5.78 Å². The van der Waals surface area contributed by atoms with Gasteiger partial charge in [0, 0.05) is 23.8 Å². The van der Waals surface area contributed by atoms with Crippen molar-refractivity contribution in [1.29, 1.82) is 0 Å². The molecule has 0 amide bonds. The average molecular weight is 249 g/mol. The standard InChI is InChI=1S/C15H20FNO/c1-3-4-9-17(13-6-7-13)15-8-5-12(16)10-14(15)11(2)18/h5,8,10,13H,3-4,6-7,9H2,1-2H3. The molecule has 0 bridgehead atoms. The fraction of sp³-hybridized carbons (Fsp3) is 0.533. The second-order valence-corrected chi connectivity index (χ2v) is 5.00. The Morgan fingerprint density at radius 3 is 2.72 bits per heavy atom. The minimum absolute atomic E-state index is 0.0633. The Kier molecular flexibility index (Phi) is 4.00. The molecule has 1 aromatic rings. The number of nitrogens with zero attached hydrogens (tertiary/aromatic N) is 1. The van der Waals surface area contributed by atoms with Crippen molar-refractivity contribution in [3.63, 3.8) is 0 Å². The molecule has 1 fully saturated rings. The van der Waals surface area contributed by atoms with Gasteiger partial charge >= 0.3 is 0 Å². The van der Waals surface area contributed by atoms with E-state index in [1.807, 2.05) is 0 Å². The van der Waals surface area contributed by atoms with E-state index in [1.54, 1.807) is 6.07 Å². The van der Waals surface area contributed by atoms with Crippen molar-refractivity contribution in [2.75, 3.05) is 11.4 Å². The predicted molar refractivity (Wildman–Crippen MR) is 71.7 cm³/mol. The van der Waals surface area contributed by atoms with Crippen molar-refractivity contribution in [1.82, 2.24) is 0 Å². The molecule has 1 saturated carbocycles. The highest BCUT2D eigenvalue weighted by Crippen LogP contribution is 2.34. The van der Waals surface area contributed by atoms with Gasteiger partial charge < -0.3 is 4.90 Å². The Bertz CT molecular complexity index is 440. The summed E-state index contributed by atoms with van der Waals surface area (Å²) < 4.78 is 13.3. The first kappa shape index (κ1) is 13.1. The van der Waals surface area contributed by atoms with Crippen LogP contribution in [0.3, 0.4) is 0 Å². The van der Waals surface area contributed by atoms with Crippen LogP contribution in [-0.4, -0.2) is 18.4 Å². The number of anilines is 1. The van der Waals surface area contributed by atoms with Crippen LogP contribution in [0.5, 0.6) is 0 Å². The maximum Gasteiger partial charge on any atom is 0.161 e. The number of hydrogen-bond acceptors (Lipinski definition) is 2. The van der Waals surface area contributed by atoms with Crippen LogP contribution in [0.1, 0.15) is 49.9 Å². The van der Waals surface area contributed by atoms with E-state index in [4.69, 9.17) is 0 Å². The second kappa shape index (κ2) is 5.51. The Balaban J connectivity index is 2.30. The molecule has 0 atom stereocenters. The van der Waals surface area contributed by atoms with Gasteiger partial charge in [-0.2, -0.15) is 0 Å². The van der Waals surface area contributed by atoms with Crippen LogP contribution in [0, 0.1) is 5.82 Å². The number of benzene rings is 1. The van der Waals surface area contributed by atoms with Gasteiger partial charge in [-0.25, -0.2) is 4.39 Å². The van der Waals surface area contributed by atoms with Crippen LogP contribution in [0.4, 0.5) is 10.1 Å². The summed E-state index contributed by atoms with van der Waals surface area (Å²) in [5, 5.41) is 0. The van der Waals surface area contributed by atoms with E-state index in [0.29, 0.717) is 11.6 Å². The molecule has 0 heterocycles. The fourth-order valence-corrected chi connectivity index (χ4v) is 2.26. The van der Waals surface area contributed by atoms with Crippen molar-refractivity contribution < 1.29 is 9.18 Å². The van der Waals surface area contributed by atoms with Crippen molar-refractivity contribution in [3.8, 4) is 0 Å². The third-order valence-electron chi connectivity index (χ3n) is 3.39. The third-order valence-corrected chi connectivity index (χ3v) is 3.39. The van der Waals surface area contributed by atoms with E-state index in [9.17, 15) is 9.18 Å². The monoisotopic (exact) mass is 249 g/mol. The maximum absolute atomic E-state index is 13.3. The van der Waals surface area contributed by atoms with Crippen LogP contribution in [0.25, 0.3) is 0 Å². The van der Waals surface area contributed by atoms with Crippen molar-refractivity contribution in [3.05, 3.63) is 29.6 Å². The van der Waals surface area contributed by atoms with E-state index in [1.165, 1.54) is 31.9 Å². The summed E-state index contributed by atoms with van der Waals surface area (Å²) in [7, 11) is 0. The molecule has 3 heteroatoms. The van der Waals surface area contributed by atoms with Gasteiger partial charge in [0.05, 0.1) is 0 Å². The summed E-state index contributed by atoms with van der Waals surface area (Å²) in [5.74, 6) is -0.401. The zero-order valence-corrected chi connectivity index (χ0v) is 11.1. The zero-order chi connectivity index (χ0) is 13.1. The van der Waals surface area contributed by atoms with Crippen LogP contribution in [-0.2, 0) is 0 Å². The molecule has 0 unspecified atom stereocenters. The molecule has 1 aromatic carbocycles. The summed E-state index contributed by atoms with van der Waals surface area (Å²) in [4.78, 5) is 13.9. The third kappa shape index (κ3) is 2.89. The lowest BCUT2D eigenvalue weighted by molar-refractivity contribution is 0.101. The molecular formula is C15H20FNO. The lowest BCUT2D eigenvalue weighted by Gasteiger charge is -2.26. The SMILES string of the molecule is CCCCN(c1ccc(F)cc1C(C)=O)C1CC1. The summed E-state index contributed by atoms with van der Waals surface area (Å²) in [6.45, 7) is 4.61. The van der Waals surface area contributed by atoms with E-state index in [-0.39, 0.29) is 11.6 Å². The molecule has 0 aromatic heterocycles. The highest BCUT2D eigenvalue weighted by molar-refractivity contribution is 5.99. The number of carbonyl (C=O) groups is 1. The summed E-state index contributed by atoms with van der Waals surface area (Å²) in [6.07, 6.45) is 4.59. The first-order chi connectivity index (χ1) is 8.63. The first-order valence-electron chi connectivity index (χ1n) is 6.70. The zero-order valence-electron chi connectivity index (χ0n) is 11.1. The van der Waals surface area contributed by atoms with Gasteiger partial charge in [-0.3, -0.25) is 4.79 Å². The van der Waals surface area contributed by atoms with Gasteiger partial charge in [-0.05, 0) is 44.4 Å². The molecule has 2 nitrogen and oxygen atoms in total. The Morgan fingerprint density at radius 2 is 2.17 bits per heavy atom. The predicted octanol–water partition coefficient (Wildman–Crippen LogP) is 3.80. The van der Waals surface area contributed by atoms with Crippen molar-refractivity contribution >= 4 is 11.5 Å². The molecule has 0 radical (unpaired) electrons. The summed E-state index contributed by atoms with van der Waals surface area (Å²) >= 11 is 0. The largest absolute Gasteiger partial charge is 0.368 e. The van der Waals surface area contributed by atoms with Crippen molar-refractivity contribution in [2.24, 2.45) is 0 Å². The molecule has 18 heavy (non-hydrogen) atoms. The second-order valence-electron chi connectivity index (χ2n) is 5.00. The molecule has 0 spiro atoms. The highest BCUT2D eigenvalue weighted by Gasteiger charge is 2.30. The maximum atomic E-state index is 13.3. The van der Waals surface area contributed by atoms with E-state index in [0.717, 1.165) is 25.1 Å². The first-order valence-corrected chi connectivity index (χ1v) is 6.70. The summed E-state index contributed by atoms with van der Waals surface area (Å²) in [5.41, 5.74) is 1.41. The minimum Gasteiger partial charge on any atom is -0.368 e.